The van der Waals surface area contributed by atoms with Gasteiger partial charge >= 0.3 is 0 Å². The van der Waals surface area contributed by atoms with Crippen molar-refractivity contribution in [1.29, 1.82) is 0 Å². The number of hydrogen-bond donors (Lipinski definition) is 0. The van der Waals surface area contributed by atoms with Crippen molar-refractivity contribution in [3.63, 3.8) is 0 Å². The Balaban J connectivity index is 3.29. The van der Waals surface area contributed by atoms with Crippen molar-refractivity contribution in [2.24, 2.45) is 0 Å². The molecule has 0 aliphatic rings. The summed E-state index contributed by atoms with van der Waals surface area (Å²) in [6.07, 6.45) is 0. The van der Waals surface area contributed by atoms with Crippen molar-refractivity contribution >= 4 is 21.6 Å². The quantitative estimate of drug-likeness (QED) is 0.334. The fourth-order valence-corrected chi connectivity index (χ4v) is 1.23. The van der Waals surface area contributed by atoms with Crippen LogP contribution >= 0.6 is 15.9 Å². The van der Waals surface area contributed by atoms with Gasteiger partial charge in [0.05, 0.1) is 10.3 Å². The molecule has 4 heteroatoms. The predicted molar refractivity (Wildman–Crippen MR) is 58.5 cm³/mol. The SMILES string of the molecule is Cc1cccc([N+](=O)[O-])c1C#CCBr. The van der Waals surface area contributed by atoms with E-state index in [1.807, 2.05) is 13.0 Å². The maximum absolute atomic E-state index is 10.7. The Bertz CT molecular complexity index is 418. The zero-order valence-electron chi connectivity index (χ0n) is 7.58. The molecular formula is C10H8BrNO2. The van der Waals surface area contributed by atoms with Gasteiger partial charge in [-0.15, -0.1) is 0 Å². The maximum Gasteiger partial charge on any atom is 0.285 e. The first-order chi connectivity index (χ1) is 6.66. The predicted octanol–water partition coefficient (Wildman–Crippen LogP) is 2.65. The van der Waals surface area contributed by atoms with Crippen molar-refractivity contribution in [1.82, 2.24) is 0 Å². The molecule has 0 atom stereocenters. The van der Waals surface area contributed by atoms with Crippen LogP contribution in [0.3, 0.4) is 0 Å². The smallest absolute Gasteiger partial charge is 0.258 e. The van der Waals surface area contributed by atoms with Gasteiger partial charge in [-0.1, -0.05) is 39.9 Å². The molecule has 0 bridgehead atoms. The molecule has 3 nitrogen and oxygen atoms in total. The van der Waals surface area contributed by atoms with Gasteiger partial charge in [0.15, 0.2) is 0 Å². The molecule has 72 valence electrons. The summed E-state index contributed by atoms with van der Waals surface area (Å²) in [6.45, 7) is 1.81. The second kappa shape index (κ2) is 4.77. The lowest BCUT2D eigenvalue weighted by atomic mass is 10.1. The number of halogens is 1. The van der Waals surface area contributed by atoms with E-state index < -0.39 is 4.92 Å². The summed E-state index contributed by atoms with van der Waals surface area (Å²) in [6, 6.07) is 4.93. The molecule has 1 aromatic carbocycles. The van der Waals surface area contributed by atoms with Crippen LogP contribution in [0, 0.1) is 28.9 Å². The van der Waals surface area contributed by atoms with E-state index in [1.165, 1.54) is 6.07 Å². The zero-order chi connectivity index (χ0) is 10.6. The Labute approximate surface area is 90.4 Å². The van der Waals surface area contributed by atoms with Crippen LogP contribution in [-0.2, 0) is 0 Å². The normalized spacial score (nSPS) is 9.00. The Morgan fingerprint density at radius 3 is 2.86 bits per heavy atom. The summed E-state index contributed by atoms with van der Waals surface area (Å²) < 4.78 is 0. The van der Waals surface area contributed by atoms with Crippen LogP contribution in [0.25, 0.3) is 0 Å². The van der Waals surface area contributed by atoms with Crippen molar-refractivity contribution in [2.75, 3.05) is 5.33 Å². The first kappa shape index (κ1) is 10.7. The number of hydrogen-bond acceptors (Lipinski definition) is 2. The van der Waals surface area contributed by atoms with E-state index in [9.17, 15) is 10.1 Å². The lowest BCUT2D eigenvalue weighted by molar-refractivity contribution is -0.385. The summed E-state index contributed by atoms with van der Waals surface area (Å²) in [4.78, 5) is 10.3. The molecule has 0 amide bonds. The number of nitro groups is 1. The average Bonchev–Trinajstić information content (AvgIpc) is 2.15. The van der Waals surface area contributed by atoms with Crippen molar-refractivity contribution in [3.8, 4) is 11.8 Å². The Morgan fingerprint density at radius 1 is 1.57 bits per heavy atom. The van der Waals surface area contributed by atoms with Crippen LogP contribution in [0.4, 0.5) is 5.69 Å². The molecule has 1 aromatic rings. The van der Waals surface area contributed by atoms with Gasteiger partial charge in [-0.05, 0) is 12.5 Å². The van der Waals surface area contributed by atoms with E-state index in [2.05, 4.69) is 27.8 Å². The van der Waals surface area contributed by atoms with Gasteiger partial charge in [0.2, 0.25) is 0 Å². The van der Waals surface area contributed by atoms with Gasteiger partial charge in [-0.2, -0.15) is 0 Å². The fraction of sp³-hybridized carbons (Fsp3) is 0.200. The van der Waals surface area contributed by atoms with Gasteiger partial charge < -0.3 is 0 Å². The average molecular weight is 254 g/mol. The second-order valence-corrected chi connectivity index (χ2v) is 3.22. The molecule has 0 spiro atoms. The minimum atomic E-state index is -0.411. The third-order valence-electron chi connectivity index (χ3n) is 1.73. The summed E-state index contributed by atoms with van der Waals surface area (Å²) in [5, 5.41) is 11.2. The van der Waals surface area contributed by atoms with Gasteiger partial charge in [0.25, 0.3) is 5.69 Å². The highest BCUT2D eigenvalue weighted by molar-refractivity contribution is 9.09. The molecule has 0 aliphatic heterocycles. The molecule has 0 aromatic heterocycles. The number of alkyl halides is 1. The van der Waals surface area contributed by atoms with Gasteiger partial charge in [0, 0.05) is 6.07 Å². The van der Waals surface area contributed by atoms with Crippen molar-refractivity contribution in [2.45, 2.75) is 6.92 Å². The van der Waals surface area contributed by atoms with E-state index in [1.54, 1.807) is 6.07 Å². The highest BCUT2D eigenvalue weighted by Crippen LogP contribution is 2.20. The Hall–Kier alpha value is -1.34. The van der Waals surface area contributed by atoms with Crippen LogP contribution in [0.2, 0.25) is 0 Å². The number of nitro benzene ring substituents is 1. The van der Waals surface area contributed by atoms with E-state index in [0.717, 1.165) is 5.56 Å². The zero-order valence-corrected chi connectivity index (χ0v) is 9.17. The Morgan fingerprint density at radius 2 is 2.29 bits per heavy atom. The molecule has 0 heterocycles. The molecule has 0 radical (unpaired) electrons. The molecule has 1 rings (SSSR count). The number of aryl methyl sites for hydroxylation is 1. The van der Waals surface area contributed by atoms with Crippen molar-refractivity contribution < 1.29 is 4.92 Å². The van der Waals surface area contributed by atoms with E-state index in [4.69, 9.17) is 0 Å². The molecule has 14 heavy (non-hydrogen) atoms. The molecule has 0 saturated carbocycles. The molecule has 0 fully saturated rings. The number of benzene rings is 1. The molecule has 0 saturated heterocycles. The summed E-state index contributed by atoms with van der Waals surface area (Å²) in [7, 11) is 0. The Kier molecular flexibility index (Phi) is 3.66. The van der Waals surface area contributed by atoms with Crippen LogP contribution in [0.15, 0.2) is 18.2 Å². The summed E-state index contributed by atoms with van der Waals surface area (Å²) in [5.41, 5.74) is 1.39. The largest absolute Gasteiger partial charge is 0.285 e. The van der Waals surface area contributed by atoms with Crippen LogP contribution < -0.4 is 0 Å². The van der Waals surface area contributed by atoms with E-state index in [-0.39, 0.29) is 5.69 Å². The van der Waals surface area contributed by atoms with Gasteiger partial charge in [-0.3, -0.25) is 10.1 Å². The molecule has 0 N–H and O–H groups in total. The lowest BCUT2D eigenvalue weighted by Crippen LogP contribution is -1.94. The minimum absolute atomic E-state index is 0.0680. The number of rotatable bonds is 1. The van der Waals surface area contributed by atoms with E-state index in [0.29, 0.717) is 10.9 Å². The first-order valence-electron chi connectivity index (χ1n) is 3.95. The molecule has 0 unspecified atom stereocenters. The topological polar surface area (TPSA) is 43.1 Å². The van der Waals surface area contributed by atoms with E-state index >= 15 is 0 Å². The van der Waals surface area contributed by atoms with Crippen LogP contribution in [0.1, 0.15) is 11.1 Å². The fourth-order valence-electron chi connectivity index (χ4n) is 1.09. The minimum Gasteiger partial charge on any atom is -0.258 e. The second-order valence-electron chi connectivity index (χ2n) is 2.66. The third-order valence-corrected chi connectivity index (χ3v) is 2.01. The third kappa shape index (κ3) is 2.33. The molecular weight excluding hydrogens is 246 g/mol. The van der Waals surface area contributed by atoms with Gasteiger partial charge in [-0.25, -0.2) is 0 Å². The highest BCUT2D eigenvalue weighted by atomic mass is 79.9. The molecule has 0 aliphatic carbocycles. The van der Waals surface area contributed by atoms with Crippen LogP contribution in [0.5, 0.6) is 0 Å². The van der Waals surface area contributed by atoms with Gasteiger partial charge in [0.1, 0.15) is 5.56 Å². The summed E-state index contributed by atoms with van der Waals surface area (Å²) >= 11 is 3.15. The van der Waals surface area contributed by atoms with Crippen LogP contribution in [-0.4, -0.2) is 10.3 Å². The van der Waals surface area contributed by atoms with Crippen molar-refractivity contribution in [3.05, 3.63) is 39.4 Å². The standard InChI is InChI=1S/C10H8BrNO2/c1-8-4-2-6-10(12(13)14)9(8)5-3-7-11/h2,4,6H,7H2,1H3. The maximum atomic E-state index is 10.7. The first-order valence-corrected chi connectivity index (χ1v) is 5.08. The monoisotopic (exact) mass is 253 g/mol. The highest BCUT2D eigenvalue weighted by Gasteiger charge is 2.12. The summed E-state index contributed by atoms with van der Waals surface area (Å²) in [5.74, 6) is 5.54. The lowest BCUT2D eigenvalue weighted by Gasteiger charge is -1.98. The number of nitrogens with zero attached hydrogens (tertiary/aromatic N) is 1.